The molecule has 0 saturated heterocycles. The maximum Gasteiger partial charge on any atom is 0.156 e. The number of aliphatic imine (C=N–C) groups is 1. The predicted octanol–water partition coefficient (Wildman–Crippen LogP) is 2.85. The average Bonchev–Trinajstić information content (AvgIpc) is 3.06. The Morgan fingerprint density at radius 3 is 2.81 bits per heavy atom. The van der Waals surface area contributed by atoms with Crippen LogP contribution in [0.2, 0.25) is 5.02 Å². The van der Waals surface area contributed by atoms with E-state index >= 15 is 0 Å². The van der Waals surface area contributed by atoms with E-state index in [1.165, 1.54) is 12.1 Å². The number of likely N-dealkylation sites (N-methyl/N-ethyl adjacent to an activating group) is 1. The molecular formula is C19H20ClFN4O2. The van der Waals surface area contributed by atoms with E-state index in [4.69, 9.17) is 11.6 Å². The molecule has 0 aliphatic carbocycles. The molecule has 2 aromatic rings. The van der Waals surface area contributed by atoms with Gasteiger partial charge in [-0.2, -0.15) is 0 Å². The summed E-state index contributed by atoms with van der Waals surface area (Å²) < 4.78 is 13.4. The number of benzene rings is 1. The highest BCUT2D eigenvalue weighted by molar-refractivity contribution is 6.30. The van der Waals surface area contributed by atoms with E-state index in [1.807, 2.05) is 19.0 Å². The van der Waals surface area contributed by atoms with Crippen LogP contribution in [-0.2, 0) is 12.8 Å². The molecule has 1 aliphatic heterocycles. The van der Waals surface area contributed by atoms with Gasteiger partial charge in [-0.25, -0.2) is 14.4 Å². The first-order valence-electron chi connectivity index (χ1n) is 8.42. The highest BCUT2D eigenvalue weighted by Crippen LogP contribution is 2.29. The van der Waals surface area contributed by atoms with E-state index in [9.17, 15) is 14.7 Å². The molecular weight excluding hydrogens is 371 g/mol. The molecule has 2 heterocycles. The number of fused-ring (bicyclic) bond motifs is 1. The monoisotopic (exact) mass is 390 g/mol. The molecule has 1 aliphatic rings. The van der Waals surface area contributed by atoms with Crippen molar-refractivity contribution < 1.29 is 14.7 Å². The first-order chi connectivity index (χ1) is 12.9. The number of oxime groups is 1. The van der Waals surface area contributed by atoms with Gasteiger partial charge in [0.15, 0.2) is 5.82 Å². The lowest BCUT2D eigenvalue weighted by Crippen LogP contribution is -2.32. The van der Waals surface area contributed by atoms with Crippen molar-refractivity contribution in [3.05, 3.63) is 58.0 Å². The van der Waals surface area contributed by atoms with Crippen molar-refractivity contribution in [2.75, 3.05) is 20.6 Å². The number of pyridine rings is 1. The van der Waals surface area contributed by atoms with Crippen molar-refractivity contribution in [1.29, 1.82) is 0 Å². The van der Waals surface area contributed by atoms with Gasteiger partial charge in [0.1, 0.15) is 11.9 Å². The number of hydrogen-bond acceptors (Lipinski definition) is 6. The summed E-state index contributed by atoms with van der Waals surface area (Å²) in [5, 5.41) is 23.3. The molecule has 0 radical (unpaired) electrons. The molecule has 1 atom stereocenters. The summed E-state index contributed by atoms with van der Waals surface area (Å²) in [6.45, 7) is 0.456. The molecule has 142 valence electrons. The largest absolute Gasteiger partial charge is 0.411 e. The number of aliphatic hydroxyl groups is 1. The van der Waals surface area contributed by atoms with E-state index in [0.29, 0.717) is 41.3 Å². The van der Waals surface area contributed by atoms with Crippen LogP contribution in [0, 0.1) is 5.82 Å². The second kappa shape index (κ2) is 8.12. The van der Waals surface area contributed by atoms with E-state index < -0.39 is 11.9 Å². The van der Waals surface area contributed by atoms with E-state index in [2.05, 4.69) is 15.1 Å². The first kappa shape index (κ1) is 19.4. The Morgan fingerprint density at radius 1 is 1.37 bits per heavy atom. The molecule has 1 aromatic carbocycles. The summed E-state index contributed by atoms with van der Waals surface area (Å²) in [6, 6.07) is 6.13. The second-order valence-corrected chi connectivity index (χ2v) is 7.10. The minimum absolute atomic E-state index is 0.0159. The average molecular weight is 391 g/mol. The van der Waals surface area contributed by atoms with Crippen LogP contribution in [0.5, 0.6) is 0 Å². The van der Waals surface area contributed by atoms with Gasteiger partial charge in [-0.3, -0.25) is 0 Å². The van der Waals surface area contributed by atoms with Gasteiger partial charge in [0.25, 0.3) is 0 Å². The van der Waals surface area contributed by atoms with Crippen molar-refractivity contribution in [1.82, 2.24) is 9.88 Å². The zero-order valence-corrected chi connectivity index (χ0v) is 15.8. The maximum atomic E-state index is 13.4. The number of halogens is 2. The zero-order valence-electron chi connectivity index (χ0n) is 15.0. The van der Waals surface area contributed by atoms with E-state index in [1.54, 1.807) is 18.3 Å². The maximum absolute atomic E-state index is 13.4. The summed E-state index contributed by atoms with van der Waals surface area (Å²) >= 11 is 5.84. The quantitative estimate of drug-likeness (QED) is 0.451. The normalized spacial score (nSPS) is 15.0. The molecule has 1 aromatic heterocycles. The standard InChI is InChI=1S/C19H20ClFN4O2/c1-25(2)10-18(26)17-9-13-12(5-6-22-19(13)23-17)16(24-27)8-11-3-4-15(21)14(20)7-11/h3-7,18,26-27H,8-10H2,1-2H3/b24-16+. The second-order valence-electron chi connectivity index (χ2n) is 6.69. The Bertz CT molecular complexity index is 915. The minimum atomic E-state index is -0.701. The van der Waals surface area contributed by atoms with Gasteiger partial charge in [-0.05, 0) is 37.9 Å². The third-order valence-corrected chi connectivity index (χ3v) is 4.64. The van der Waals surface area contributed by atoms with Gasteiger partial charge in [0.05, 0.1) is 16.4 Å². The molecule has 0 amide bonds. The first-order valence-corrected chi connectivity index (χ1v) is 8.80. The molecule has 2 N–H and O–H groups in total. The van der Waals surface area contributed by atoms with Crippen LogP contribution < -0.4 is 0 Å². The summed E-state index contributed by atoms with van der Waals surface area (Å²) in [5.41, 5.74) is 3.23. The Labute approximate surface area is 161 Å². The van der Waals surface area contributed by atoms with Gasteiger partial charge in [-0.1, -0.05) is 22.8 Å². The topological polar surface area (TPSA) is 81.3 Å². The van der Waals surface area contributed by atoms with Crippen LogP contribution in [-0.4, -0.2) is 58.4 Å². The van der Waals surface area contributed by atoms with E-state index in [-0.39, 0.29) is 11.4 Å². The SMILES string of the molecule is CN(C)CC(O)C1=Nc2nccc(/C(Cc3ccc(F)c(Cl)c3)=N/O)c2C1. The molecule has 0 bridgehead atoms. The van der Waals surface area contributed by atoms with Gasteiger partial charge >= 0.3 is 0 Å². The van der Waals surface area contributed by atoms with Crippen molar-refractivity contribution in [3.8, 4) is 0 Å². The van der Waals surface area contributed by atoms with E-state index in [0.717, 1.165) is 5.56 Å². The highest BCUT2D eigenvalue weighted by atomic mass is 35.5. The summed E-state index contributed by atoms with van der Waals surface area (Å²) in [6.07, 6.45) is 1.58. The Morgan fingerprint density at radius 2 is 2.15 bits per heavy atom. The highest BCUT2D eigenvalue weighted by Gasteiger charge is 2.26. The lowest BCUT2D eigenvalue weighted by Gasteiger charge is -2.16. The molecule has 3 rings (SSSR count). The van der Waals surface area contributed by atoms with Gasteiger partial charge in [0.2, 0.25) is 0 Å². The fraction of sp³-hybridized carbons (Fsp3) is 0.316. The molecule has 27 heavy (non-hydrogen) atoms. The van der Waals surface area contributed by atoms with Crippen LogP contribution in [0.4, 0.5) is 10.2 Å². The third-order valence-electron chi connectivity index (χ3n) is 4.35. The smallest absolute Gasteiger partial charge is 0.156 e. The number of aliphatic hydroxyl groups excluding tert-OH is 1. The molecule has 8 heteroatoms. The summed E-state index contributed by atoms with van der Waals surface area (Å²) in [7, 11) is 3.75. The number of hydrogen-bond donors (Lipinski definition) is 2. The van der Waals surface area contributed by atoms with Crippen molar-refractivity contribution in [2.24, 2.45) is 10.1 Å². The van der Waals surface area contributed by atoms with Crippen LogP contribution in [0.1, 0.15) is 16.7 Å². The Kier molecular flexibility index (Phi) is 5.84. The summed E-state index contributed by atoms with van der Waals surface area (Å²) in [4.78, 5) is 10.6. The van der Waals surface area contributed by atoms with Crippen LogP contribution in [0.25, 0.3) is 0 Å². The summed E-state index contributed by atoms with van der Waals surface area (Å²) in [5.74, 6) is 0.0132. The van der Waals surface area contributed by atoms with Gasteiger partial charge < -0.3 is 15.2 Å². The number of rotatable bonds is 6. The zero-order chi connectivity index (χ0) is 19.6. The Balaban J connectivity index is 1.85. The lowest BCUT2D eigenvalue weighted by atomic mass is 9.96. The molecule has 6 nitrogen and oxygen atoms in total. The Hall–Kier alpha value is -2.35. The van der Waals surface area contributed by atoms with Crippen molar-refractivity contribution >= 4 is 28.8 Å². The number of aromatic nitrogens is 1. The van der Waals surface area contributed by atoms with Gasteiger partial charge in [-0.15, -0.1) is 0 Å². The third kappa shape index (κ3) is 4.32. The minimum Gasteiger partial charge on any atom is -0.411 e. The number of nitrogens with zero attached hydrogens (tertiary/aromatic N) is 4. The molecule has 0 fully saturated rings. The van der Waals surface area contributed by atoms with Crippen LogP contribution >= 0.6 is 11.6 Å². The van der Waals surface area contributed by atoms with Crippen LogP contribution in [0.3, 0.4) is 0 Å². The lowest BCUT2D eigenvalue weighted by molar-refractivity contribution is 0.193. The molecule has 0 spiro atoms. The van der Waals surface area contributed by atoms with Crippen LogP contribution in [0.15, 0.2) is 40.6 Å². The fourth-order valence-corrected chi connectivity index (χ4v) is 3.25. The van der Waals surface area contributed by atoms with Crippen molar-refractivity contribution in [2.45, 2.75) is 18.9 Å². The molecule has 1 unspecified atom stereocenters. The predicted molar refractivity (Wildman–Crippen MR) is 103 cm³/mol. The molecule has 0 saturated carbocycles. The fourth-order valence-electron chi connectivity index (χ4n) is 3.05. The van der Waals surface area contributed by atoms with Crippen molar-refractivity contribution in [3.63, 3.8) is 0 Å². The van der Waals surface area contributed by atoms with Gasteiger partial charge in [0, 0.05) is 36.7 Å².